The molecule has 0 radical (unpaired) electrons. The van der Waals surface area contributed by atoms with Gasteiger partial charge < -0.3 is 24.3 Å². The van der Waals surface area contributed by atoms with Crippen molar-refractivity contribution in [3.05, 3.63) is 12.7 Å². The Morgan fingerprint density at radius 3 is 2.11 bits per heavy atom. The first-order chi connectivity index (χ1) is 22.6. The number of thioether (sulfide) groups is 1. The highest BCUT2D eigenvalue weighted by atomic mass is 32.2. The molecule has 0 amide bonds. The van der Waals surface area contributed by atoms with Crippen LogP contribution in [0.2, 0.25) is 0 Å². The lowest BCUT2D eigenvalue weighted by molar-refractivity contribution is -0.149. The van der Waals surface area contributed by atoms with E-state index in [1.54, 1.807) is 27.1 Å². The molecule has 0 saturated heterocycles. The number of hydrogen-bond acceptors (Lipinski definition) is 10. The molecule has 2 heterocycles. The molecule has 3 N–H and O–H groups in total. The van der Waals surface area contributed by atoms with Crippen molar-refractivity contribution < 1.29 is 23.4 Å². The van der Waals surface area contributed by atoms with Crippen LogP contribution in [0, 0.1) is 0 Å². The quantitative estimate of drug-likeness (QED) is 0.0479. The number of rotatable bonds is 29. The van der Waals surface area contributed by atoms with Crippen LogP contribution in [0.3, 0.4) is 0 Å². The van der Waals surface area contributed by atoms with Gasteiger partial charge >= 0.3 is 5.97 Å². The summed E-state index contributed by atoms with van der Waals surface area (Å²) in [6, 6.07) is -0.811. The second-order valence-electron chi connectivity index (χ2n) is 12.8. The minimum absolute atomic E-state index is 0.191. The third-order valence-electron chi connectivity index (χ3n) is 7.88. The molecule has 2 rings (SSSR count). The van der Waals surface area contributed by atoms with Crippen molar-refractivity contribution in [1.82, 2.24) is 24.6 Å². The fourth-order valence-electron chi connectivity index (χ4n) is 5.26. The van der Waals surface area contributed by atoms with Crippen LogP contribution in [-0.2, 0) is 29.9 Å². The molecule has 2 aromatic heterocycles. The summed E-state index contributed by atoms with van der Waals surface area (Å²) < 4.78 is 32.8. The number of carbonyl (C=O) groups excluding carboxylic acids is 1. The summed E-state index contributed by atoms with van der Waals surface area (Å²) in [5.74, 6) is 1.89. The van der Waals surface area contributed by atoms with Crippen LogP contribution in [0.4, 0.5) is 5.82 Å². The molecule has 13 heteroatoms. The molecule has 0 unspecified atom stereocenters. The minimum Gasteiger partial charge on any atom is -0.462 e. The van der Waals surface area contributed by atoms with E-state index in [0.29, 0.717) is 30.1 Å². The average Bonchev–Trinajstić information content (AvgIpc) is 3.44. The van der Waals surface area contributed by atoms with Crippen molar-refractivity contribution in [2.24, 2.45) is 0 Å². The first-order valence-corrected chi connectivity index (χ1v) is 20.9. The highest BCUT2D eigenvalue weighted by molar-refractivity contribution is 7.99. The number of fused-ring (bicyclic) bond motifs is 1. The second-order valence-corrected chi connectivity index (χ2v) is 16.2. The molecule has 0 aliphatic rings. The Morgan fingerprint density at radius 2 is 1.49 bits per heavy atom. The van der Waals surface area contributed by atoms with E-state index in [9.17, 15) is 9.36 Å². The molecule has 47 heavy (non-hydrogen) atoms. The highest BCUT2D eigenvalue weighted by Crippen LogP contribution is 2.43. The van der Waals surface area contributed by atoms with Gasteiger partial charge in [-0.1, -0.05) is 90.4 Å². The summed E-state index contributed by atoms with van der Waals surface area (Å²) in [4.78, 5) is 25.0. The van der Waals surface area contributed by atoms with Crippen molar-refractivity contribution in [2.75, 3.05) is 30.2 Å². The van der Waals surface area contributed by atoms with Crippen molar-refractivity contribution >= 4 is 42.2 Å². The van der Waals surface area contributed by atoms with E-state index in [4.69, 9.17) is 19.7 Å². The molecule has 0 fully saturated rings. The van der Waals surface area contributed by atoms with Crippen LogP contribution in [0.5, 0.6) is 0 Å². The third-order valence-corrected chi connectivity index (χ3v) is 10.9. The maximum atomic E-state index is 13.8. The summed E-state index contributed by atoms with van der Waals surface area (Å²) in [6.45, 7) is 10.0. The molecule has 11 nitrogen and oxygen atoms in total. The van der Waals surface area contributed by atoms with E-state index >= 15 is 0 Å². The Balaban J connectivity index is 1.64. The van der Waals surface area contributed by atoms with Gasteiger partial charge in [-0.05, 0) is 52.0 Å². The van der Waals surface area contributed by atoms with Crippen molar-refractivity contribution in [2.45, 2.75) is 156 Å². The van der Waals surface area contributed by atoms with Crippen LogP contribution in [-0.4, -0.2) is 68.2 Å². The van der Waals surface area contributed by atoms with E-state index in [1.165, 1.54) is 96.2 Å². The average molecular weight is 699 g/mol. The van der Waals surface area contributed by atoms with Gasteiger partial charge in [0.25, 0.3) is 7.52 Å². The van der Waals surface area contributed by atoms with Crippen LogP contribution < -0.4 is 10.8 Å². The lowest BCUT2D eigenvalue weighted by Gasteiger charge is -2.25. The first kappa shape index (κ1) is 41.5. The molecular formula is C34H63N6O5PS. The maximum Gasteiger partial charge on any atom is 0.323 e. The lowest BCUT2D eigenvalue weighted by Crippen LogP contribution is -2.36. The zero-order valence-electron chi connectivity index (χ0n) is 29.8. The number of aromatic nitrogens is 4. The molecule has 270 valence electrons. The molecule has 0 aliphatic heterocycles. The molecule has 2 aromatic rings. The van der Waals surface area contributed by atoms with Crippen LogP contribution in [0.1, 0.15) is 131 Å². The van der Waals surface area contributed by atoms with Crippen molar-refractivity contribution in [1.29, 1.82) is 0 Å². The summed E-state index contributed by atoms with van der Waals surface area (Å²) in [7, 11) is -3.52. The maximum absolute atomic E-state index is 13.8. The van der Waals surface area contributed by atoms with Gasteiger partial charge in [-0.15, -0.1) is 0 Å². The topological polar surface area (TPSA) is 143 Å². The molecule has 0 spiro atoms. The molecule has 0 saturated carbocycles. The summed E-state index contributed by atoms with van der Waals surface area (Å²) >= 11 is 1.91. The Bertz CT molecular complexity index is 1170. The van der Waals surface area contributed by atoms with E-state index < -0.39 is 19.5 Å². The fraction of sp³-hybridized carbons (Fsp3) is 0.824. The van der Waals surface area contributed by atoms with E-state index in [0.717, 1.165) is 17.9 Å². The molecule has 3 atom stereocenters. The number of hydrogen-bond donors (Lipinski definition) is 2. The van der Waals surface area contributed by atoms with Gasteiger partial charge in [0.2, 0.25) is 0 Å². The molecule has 0 aromatic carbocycles. The Hall–Kier alpha value is -1.72. The lowest BCUT2D eigenvalue weighted by atomic mass is 10.0. The standard InChI is InChI=1S/C34H63N6O5PS/c1-6-7-8-9-10-11-12-13-14-15-16-17-18-19-22-47-23-20-21-44-46(42,39-30(5)34(41)45-28(2)3)27-43-29(4)24-40-26-38-31-32(35)36-25-37-33(31)40/h25-26,28-30H,6-24,27H2,1-5H3,(H,39,42)(H2,35,36,37)/t29-,30+,46-/m1/s1. The number of imidazole rings is 1. The van der Waals surface area contributed by atoms with Gasteiger partial charge in [-0.3, -0.25) is 9.36 Å². The summed E-state index contributed by atoms with van der Waals surface area (Å²) in [5.41, 5.74) is 7.02. The van der Waals surface area contributed by atoms with E-state index in [2.05, 4.69) is 27.0 Å². The number of ether oxygens (including phenoxy) is 2. The minimum atomic E-state index is -3.52. The van der Waals surface area contributed by atoms with Crippen LogP contribution in [0.15, 0.2) is 12.7 Å². The normalized spacial score (nSPS) is 14.4. The molecular weight excluding hydrogens is 635 g/mol. The number of nitrogens with one attached hydrogen (secondary N) is 1. The van der Waals surface area contributed by atoms with Gasteiger partial charge in [0.1, 0.15) is 24.2 Å². The first-order valence-electron chi connectivity index (χ1n) is 18.0. The zero-order valence-corrected chi connectivity index (χ0v) is 31.5. The molecule has 0 aliphatic carbocycles. The largest absolute Gasteiger partial charge is 0.462 e. The monoisotopic (exact) mass is 698 g/mol. The van der Waals surface area contributed by atoms with Gasteiger partial charge in [0, 0.05) is 0 Å². The zero-order chi connectivity index (χ0) is 34.3. The molecule has 0 bridgehead atoms. The smallest absolute Gasteiger partial charge is 0.323 e. The number of nitrogen functional groups attached to an aromatic ring is 1. The number of nitrogens with zero attached hydrogens (tertiary/aromatic N) is 4. The predicted octanol–water partition coefficient (Wildman–Crippen LogP) is 8.52. The number of unbranched alkanes of at least 4 members (excludes halogenated alkanes) is 13. The van der Waals surface area contributed by atoms with E-state index in [1.807, 2.05) is 23.3 Å². The number of anilines is 1. The SMILES string of the molecule is CCCCCCCCCCCCCCCCSCCCO[P@](=O)(CO[C@H](C)Cn1cnc2c(N)ncnc21)N[C@@H](C)C(=O)OC(C)C. The van der Waals surface area contributed by atoms with Gasteiger partial charge in [-0.25, -0.2) is 20.0 Å². The van der Waals surface area contributed by atoms with Gasteiger partial charge in [0.05, 0.1) is 31.7 Å². The summed E-state index contributed by atoms with van der Waals surface area (Å²) in [5, 5.41) is 2.88. The van der Waals surface area contributed by atoms with Crippen molar-refractivity contribution in [3.8, 4) is 0 Å². The van der Waals surface area contributed by atoms with Gasteiger partial charge in [-0.2, -0.15) is 11.8 Å². The Kier molecular flexibility index (Phi) is 21.5. The van der Waals surface area contributed by atoms with Crippen molar-refractivity contribution in [3.63, 3.8) is 0 Å². The Morgan fingerprint density at radius 1 is 0.894 bits per heavy atom. The Labute approximate surface area is 288 Å². The van der Waals surface area contributed by atoms with Crippen LogP contribution >= 0.6 is 19.3 Å². The fourth-order valence-corrected chi connectivity index (χ4v) is 7.98. The van der Waals surface area contributed by atoms with Gasteiger partial charge in [0.15, 0.2) is 11.5 Å². The number of carbonyl (C=O) groups is 1. The third kappa shape index (κ3) is 18.0. The highest BCUT2D eigenvalue weighted by Gasteiger charge is 2.30. The second kappa shape index (κ2) is 24.4. The van der Waals surface area contributed by atoms with Crippen LogP contribution in [0.25, 0.3) is 11.2 Å². The summed E-state index contributed by atoms with van der Waals surface area (Å²) in [6.07, 6.45) is 22.1. The predicted molar refractivity (Wildman–Crippen MR) is 195 cm³/mol. The number of esters is 1. The van der Waals surface area contributed by atoms with E-state index in [-0.39, 0.29) is 18.6 Å². The number of nitrogens with two attached hydrogens (primary N) is 1.